The Balaban J connectivity index is 1.61. The van der Waals surface area contributed by atoms with E-state index in [1.54, 1.807) is 4.90 Å². The Morgan fingerprint density at radius 3 is 2.33 bits per heavy atom. The van der Waals surface area contributed by atoms with Crippen LogP contribution < -0.4 is 5.32 Å². The van der Waals surface area contributed by atoms with E-state index in [0.29, 0.717) is 10.6 Å². The number of hydrogen-bond acceptors (Lipinski definition) is 5. The molecule has 0 aromatic carbocycles. The number of ether oxygens (including phenoxy) is 1. The Labute approximate surface area is 164 Å². The van der Waals surface area contributed by atoms with Gasteiger partial charge in [0.2, 0.25) is 5.91 Å². The summed E-state index contributed by atoms with van der Waals surface area (Å²) in [6, 6.07) is 0. The summed E-state index contributed by atoms with van der Waals surface area (Å²) in [5.74, 6) is -0.658. The van der Waals surface area contributed by atoms with Crippen LogP contribution in [-0.2, 0) is 14.3 Å². The van der Waals surface area contributed by atoms with E-state index in [-0.39, 0.29) is 24.3 Å². The Hall–Kier alpha value is -1.89. The molecule has 0 unspecified atom stereocenters. The van der Waals surface area contributed by atoms with Gasteiger partial charge in [0, 0.05) is 23.9 Å². The maximum atomic E-state index is 12.6. The first-order chi connectivity index (χ1) is 13.0. The fourth-order valence-electron chi connectivity index (χ4n) is 3.31. The van der Waals surface area contributed by atoms with E-state index in [0.717, 1.165) is 62.1 Å². The van der Waals surface area contributed by atoms with Crippen molar-refractivity contribution in [3.05, 3.63) is 16.0 Å². The van der Waals surface area contributed by atoms with Crippen LogP contribution in [0.3, 0.4) is 0 Å². The molecule has 1 aliphatic heterocycles. The lowest BCUT2D eigenvalue weighted by Crippen LogP contribution is -2.37. The lowest BCUT2D eigenvalue weighted by atomic mass is 10.1. The minimum atomic E-state index is -0.539. The molecule has 3 rings (SSSR count). The first-order valence-corrected chi connectivity index (χ1v) is 10.6. The summed E-state index contributed by atoms with van der Waals surface area (Å²) in [5, 5.41) is 3.40. The fourth-order valence-corrected chi connectivity index (χ4v) is 4.36. The number of likely N-dealkylation sites (tertiary alicyclic amines) is 1. The third kappa shape index (κ3) is 5.09. The summed E-state index contributed by atoms with van der Waals surface area (Å²) < 4.78 is 5.33. The summed E-state index contributed by atoms with van der Waals surface area (Å²) in [4.78, 5) is 39.9. The van der Waals surface area contributed by atoms with Crippen LogP contribution >= 0.6 is 11.3 Å². The van der Waals surface area contributed by atoms with Gasteiger partial charge in [-0.3, -0.25) is 9.59 Å². The number of nitrogens with one attached hydrogen (secondary N) is 1. The van der Waals surface area contributed by atoms with Gasteiger partial charge < -0.3 is 15.0 Å². The van der Waals surface area contributed by atoms with Gasteiger partial charge in [0.1, 0.15) is 5.00 Å². The quantitative estimate of drug-likeness (QED) is 0.776. The van der Waals surface area contributed by atoms with E-state index < -0.39 is 5.97 Å². The van der Waals surface area contributed by atoms with Gasteiger partial charge >= 0.3 is 5.97 Å². The molecule has 1 N–H and O–H groups in total. The van der Waals surface area contributed by atoms with Gasteiger partial charge in [-0.1, -0.05) is 19.3 Å². The number of thiophene rings is 1. The smallest absolute Gasteiger partial charge is 0.341 e. The standard InChI is InChI=1S/C20H28N2O4S/c1-13-14(2)27-19(21-18(24)15-8-9-15)17(13)20(25)26-12-16(23)22-10-6-4-3-5-7-11-22/h15H,3-12H2,1-2H3,(H,21,24). The zero-order valence-corrected chi connectivity index (χ0v) is 17.0. The van der Waals surface area contributed by atoms with E-state index in [1.807, 2.05) is 13.8 Å². The van der Waals surface area contributed by atoms with E-state index in [2.05, 4.69) is 5.32 Å². The molecule has 1 aromatic heterocycles. The number of anilines is 1. The summed E-state index contributed by atoms with van der Waals surface area (Å²) in [6.45, 7) is 4.97. The van der Waals surface area contributed by atoms with Gasteiger partial charge in [0.15, 0.2) is 6.61 Å². The normalized spacial score (nSPS) is 17.8. The molecule has 1 saturated carbocycles. The van der Waals surface area contributed by atoms with Crippen molar-refractivity contribution in [2.45, 2.75) is 58.8 Å². The maximum Gasteiger partial charge on any atom is 0.341 e. The molecule has 0 radical (unpaired) electrons. The van der Waals surface area contributed by atoms with Crippen molar-refractivity contribution in [2.75, 3.05) is 25.0 Å². The highest BCUT2D eigenvalue weighted by atomic mass is 32.1. The number of esters is 1. The number of carbonyl (C=O) groups excluding carboxylic acids is 3. The van der Waals surface area contributed by atoms with Gasteiger partial charge in [-0.2, -0.15) is 0 Å². The second-order valence-corrected chi connectivity index (χ2v) is 8.70. The van der Waals surface area contributed by atoms with Crippen LogP contribution in [0.2, 0.25) is 0 Å². The van der Waals surface area contributed by atoms with Crippen molar-refractivity contribution in [3.63, 3.8) is 0 Å². The van der Waals surface area contributed by atoms with Crippen LogP contribution in [0.1, 0.15) is 65.7 Å². The highest BCUT2D eigenvalue weighted by molar-refractivity contribution is 7.16. The predicted octanol–water partition coefficient (Wildman–Crippen LogP) is 3.66. The second-order valence-electron chi connectivity index (χ2n) is 7.48. The molecule has 0 bridgehead atoms. The highest BCUT2D eigenvalue weighted by Gasteiger charge is 2.32. The molecule has 27 heavy (non-hydrogen) atoms. The Bertz CT molecular complexity index is 716. The first-order valence-electron chi connectivity index (χ1n) is 9.83. The third-order valence-electron chi connectivity index (χ3n) is 5.31. The molecule has 2 fully saturated rings. The molecule has 7 heteroatoms. The van der Waals surface area contributed by atoms with Gasteiger partial charge in [0.25, 0.3) is 5.91 Å². The average Bonchev–Trinajstić information content (AvgIpc) is 3.40. The van der Waals surface area contributed by atoms with Crippen molar-refractivity contribution in [3.8, 4) is 0 Å². The summed E-state index contributed by atoms with van der Waals surface area (Å²) >= 11 is 1.38. The van der Waals surface area contributed by atoms with E-state index in [4.69, 9.17) is 4.74 Å². The molecular weight excluding hydrogens is 364 g/mol. The number of hydrogen-bond donors (Lipinski definition) is 1. The predicted molar refractivity (Wildman–Crippen MR) is 105 cm³/mol. The van der Waals surface area contributed by atoms with E-state index in [1.165, 1.54) is 17.8 Å². The van der Waals surface area contributed by atoms with Gasteiger partial charge in [-0.15, -0.1) is 11.3 Å². The second kappa shape index (κ2) is 8.87. The first kappa shape index (κ1) is 19.9. The van der Waals surface area contributed by atoms with Crippen molar-refractivity contribution < 1.29 is 19.1 Å². The van der Waals surface area contributed by atoms with Gasteiger partial charge in [-0.05, 0) is 45.1 Å². The Kier molecular flexibility index (Phi) is 6.52. The molecule has 1 saturated heterocycles. The van der Waals surface area contributed by atoms with E-state index >= 15 is 0 Å². The number of rotatable bonds is 5. The molecule has 2 heterocycles. The molecule has 2 aliphatic rings. The molecule has 1 aromatic rings. The Morgan fingerprint density at radius 2 is 1.70 bits per heavy atom. The largest absolute Gasteiger partial charge is 0.452 e. The van der Waals surface area contributed by atoms with Crippen molar-refractivity contribution in [1.29, 1.82) is 0 Å². The SMILES string of the molecule is Cc1sc(NC(=O)C2CC2)c(C(=O)OCC(=O)N2CCCCCCC2)c1C. The zero-order chi connectivity index (χ0) is 19.4. The molecule has 6 nitrogen and oxygen atoms in total. The van der Waals surface area contributed by atoms with Crippen molar-refractivity contribution >= 4 is 34.1 Å². The van der Waals surface area contributed by atoms with Crippen LogP contribution in [-0.4, -0.2) is 42.4 Å². The summed E-state index contributed by atoms with van der Waals surface area (Å²) in [7, 11) is 0. The third-order valence-corrected chi connectivity index (χ3v) is 6.43. The molecule has 0 atom stereocenters. The Morgan fingerprint density at radius 1 is 1.07 bits per heavy atom. The van der Waals surface area contributed by atoms with E-state index in [9.17, 15) is 14.4 Å². The lowest BCUT2D eigenvalue weighted by Gasteiger charge is -2.24. The molecule has 148 valence electrons. The van der Waals surface area contributed by atoms with Gasteiger partial charge in [-0.25, -0.2) is 4.79 Å². The minimum Gasteiger partial charge on any atom is -0.452 e. The van der Waals surface area contributed by atoms with Crippen molar-refractivity contribution in [2.24, 2.45) is 5.92 Å². The number of nitrogens with zero attached hydrogens (tertiary/aromatic N) is 1. The molecule has 0 spiro atoms. The number of carbonyl (C=O) groups is 3. The van der Waals surface area contributed by atoms with Gasteiger partial charge in [0.05, 0.1) is 5.56 Å². The van der Waals surface area contributed by atoms with Crippen molar-refractivity contribution in [1.82, 2.24) is 4.90 Å². The van der Waals surface area contributed by atoms with Crippen LogP contribution in [0.25, 0.3) is 0 Å². The maximum absolute atomic E-state index is 12.6. The van der Waals surface area contributed by atoms with Crippen LogP contribution in [0.5, 0.6) is 0 Å². The van der Waals surface area contributed by atoms with Crippen LogP contribution in [0, 0.1) is 19.8 Å². The molecular formula is C20H28N2O4S. The molecule has 1 aliphatic carbocycles. The lowest BCUT2D eigenvalue weighted by molar-refractivity contribution is -0.134. The highest BCUT2D eigenvalue weighted by Crippen LogP contribution is 2.36. The number of amides is 2. The van der Waals surface area contributed by atoms with Crippen LogP contribution in [0.15, 0.2) is 0 Å². The minimum absolute atomic E-state index is 0.0398. The summed E-state index contributed by atoms with van der Waals surface area (Å²) in [6.07, 6.45) is 7.31. The summed E-state index contributed by atoms with van der Waals surface area (Å²) in [5.41, 5.74) is 1.18. The molecule has 2 amide bonds. The monoisotopic (exact) mass is 392 g/mol. The van der Waals surface area contributed by atoms with Crippen LogP contribution in [0.4, 0.5) is 5.00 Å². The average molecular weight is 393 g/mol. The topological polar surface area (TPSA) is 75.7 Å². The fraction of sp³-hybridized carbons (Fsp3) is 0.650. The zero-order valence-electron chi connectivity index (χ0n) is 16.1. The number of aryl methyl sites for hydroxylation is 1.